The smallest absolute Gasteiger partial charge is 0.0974 e. The van der Waals surface area contributed by atoms with Gasteiger partial charge in [0.05, 0.1) is 6.04 Å². The molecule has 4 bridgehead atoms. The van der Waals surface area contributed by atoms with Crippen molar-refractivity contribution >= 4 is 0 Å². The number of fused-ring (bicyclic) bond motifs is 7. The van der Waals surface area contributed by atoms with Crippen molar-refractivity contribution in [3.8, 4) is 0 Å². The maximum absolute atomic E-state index is 11.2. The first-order chi connectivity index (χ1) is 10.3. The van der Waals surface area contributed by atoms with E-state index in [9.17, 15) is 4.91 Å². The van der Waals surface area contributed by atoms with Gasteiger partial charge in [-0.2, -0.15) is 4.91 Å². The Morgan fingerprint density at radius 1 is 0.762 bits per heavy atom. The molecule has 5 unspecified atom stereocenters. The molecule has 0 radical (unpaired) electrons. The topological polar surface area (TPSA) is 32.7 Å². The SMILES string of the molecule is O=NC1CC2CCCCC1CN2C1CC2CCCC(C2)C1. The first kappa shape index (κ1) is 14.2. The van der Waals surface area contributed by atoms with Gasteiger partial charge in [-0.05, 0) is 56.3 Å². The zero-order valence-corrected chi connectivity index (χ0v) is 13.3. The third-order valence-corrected chi connectivity index (χ3v) is 7.04. The largest absolute Gasteiger partial charge is 0.297 e. The van der Waals surface area contributed by atoms with Crippen molar-refractivity contribution in [2.45, 2.75) is 88.8 Å². The van der Waals surface area contributed by atoms with E-state index >= 15 is 0 Å². The summed E-state index contributed by atoms with van der Waals surface area (Å²) in [5.41, 5.74) is 0. The van der Waals surface area contributed by atoms with Crippen molar-refractivity contribution in [2.75, 3.05) is 6.54 Å². The first-order valence-electron chi connectivity index (χ1n) is 9.41. The van der Waals surface area contributed by atoms with Crippen molar-refractivity contribution in [3.05, 3.63) is 4.91 Å². The Hall–Kier alpha value is -0.440. The molecular weight excluding hydrogens is 260 g/mol. The fourth-order valence-corrected chi connectivity index (χ4v) is 6.05. The summed E-state index contributed by atoms with van der Waals surface area (Å²) < 4.78 is 0. The van der Waals surface area contributed by atoms with Crippen LogP contribution in [-0.4, -0.2) is 29.6 Å². The molecule has 0 aromatic carbocycles. The van der Waals surface area contributed by atoms with Crippen LogP contribution in [0.5, 0.6) is 0 Å². The zero-order valence-electron chi connectivity index (χ0n) is 13.3. The molecule has 21 heavy (non-hydrogen) atoms. The van der Waals surface area contributed by atoms with Gasteiger partial charge in [0.15, 0.2) is 0 Å². The van der Waals surface area contributed by atoms with Crippen LogP contribution in [-0.2, 0) is 0 Å². The highest BCUT2D eigenvalue weighted by molar-refractivity contribution is 4.97. The van der Waals surface area contributed by atoms with E-state index in [0.29, 0.717) is 12.0 Å². The Morgan fingerprint density at radius 3 is 2.29 bits per heavy atom. The molecule has 118 valence electrons. The molecular formula is C18H30N2O. The number of piperidine rings is 1. The van der Waals surface area contributed by atoms with E-state index in [1.165, 1.54) is 70.8 Å². The van der Waals surface area contributed by atoms with Gasteiger partial charge in [-0.25, -0.2) is 0 Å². The molecule has 5 rings (SSSR count). The summed E-state index contributed by atoms with van der Waals surface area (Å²) in [4.78, 5) is 14.0. The Labute approximate surface area is 128 Å². The number of hydrogen-bond donors (Lipinski definition) is 0. The predicted octanol–water partition coefficient (Wildman–Crippen LogP) is 4.35. The lowest BCUT2D eigenvalue weighted by Crippen LogP contribution is -2.55. The van der Waals surface area contributed by atoms with Gasteiger partial charge in [-0.1, -0.05) is 37.3 Å². The van der Waals surface area contributed by atoms with Gasteiger partial charge in [-0.15, -0.1) is 0 Å². The Balaban J connectivity index is 1.50. The molecule has 3 heteroatoms. The summed E-state index contributed by atoms with van der Waals surface area (Å²) in [5.74, 6) is 2.57. The maximum Gasteiger partial charge on any atom is 0.0974 e. The van der Waals surface area contributed by atoms with Gasteiger partial charge in [0.1, 0.15) is 0 Å². The fraction of sp³-hybridized carbons (Fsp3) is 1.00. The second kappa shape index (κ2) is 5.98. The number of nitrogens with zero attached hydrogens (tertiary/aromatic N) is 2. The van der Waals surface area contributed by atoms with E-state index in [4.69, 9.17) is 0 Å². The van der Waals surface area contributed by atoms with Gasteiger partial charge < -0.3 is 0 Å². The van der Waals surface area contributed by atoms with Gasteiger partial charge in [0, 0.05) is 18.6 Å². The maximum atomic E-state index is 11.2. The van der Waals surface area contributed by atoms with Crippen LogP contribution in [0.4, 0.5) is 0 Å². The van der Waals surface area contributed by atoms with Crippen LogP contribution in [0.3, 0.4) is 0 Å². The molecule has 2 aliphatic heterocycles. The van der Waals surface area contributed by atoms with Crippen LogP contribution >= 0.6 is 0 Å². The third kappa shape index (κ3) is 2.78. The highest BCUT2D eigenvalue weighted by Crippen LogP contribution is 2.44. The van der Waals surface area contributed by atoms with E-state index < -0.39 is 0 Å². The summed E-state index contributed by atoms with van der Waals surface area (Å²) in [6.07, 6.45) is 15.1. The van der Waals surface area contributed by atoms with Crippen molar-refractivity contribution in [3.63, 3.8) is 0 Å². The van der Waals surface area contributed by atoms with Crippen molar-refractivity contribution in [1.82, 2.24) is 4.90 Å². The second-order valence-corrected chi connectivity index (χ2v) is 8.33. The van der Waals surface area contributed by atoms with Crippen LogP contribution < -0.4 is 0 Å². The van der Waals surface area contributed by atoms with E-state index in [2.05, 4.69) is 10.1 Å². The molecule has 0 aromatic rings. The van der Waals surface area contributed by atoms with Gasteiger partial charge in [-0.3, -0.25) is 4.90 Å². The lowest BCUT2D eigenvalue weighted by molar-refractivity contribution is -0.0108. The minimum Gasteiger partial charge on any atom is -0.297 e. The molecule has 0 amide bonds. The highest BCUT2D eigenvalue weighted by atomic mass is 16.3. The first-order valence-corrected chi connectivity index (χ1v) is 9.41. The van der Waals surface area contributed by atoms with Crippen LogP contribution in [0.25, 0.3) is 0 Å². The quantitative estimate of drug-likeness (QED) is 0.708. The van der Waals surface area contributed by atoms with Gasteiger partial charge >= 0.3 is 0 Å². The molecule has 0 aromatic heterocycles. The van der Waals surface area contributed by atoms with Gasteiger partial charge in [0.25, 0.3) is 0 Å². The van der Waals surface area contributed by atoms with E-state index in [0.717, 1.165) is 24.3 Å². The fourth-order valence-electron chi connectivity index (χ4n) is 6.05. The van der Waals surface area contributed by atoms with E-state index in [1.54, 1.807) is 0 Å². The molecule has 5 aliphatic rings. The minimum absolute atomic E-state index is 0.120. The number of rotatable bonds is 2. The average molecular weight is 290 g/mol. The van der Waals surface area contributed by atoms with Crippen LogP contribution in [0.1, 0.15) is 70.6 Å². The number of hydrogen-bond acceptors (Lipinski definition) is 3. The van der Waals surface area contributed by atoms with Crippen molar-refractivity contribution in [1.29, 1.82) is 0 Å². The Morgan fingerprint density at radius 2 is 1.52 bits per heavy atom. The molecule has 3 nitrogen and oxygen atoms in total. The Kier molecular flexibility index (Phi) is 4.04. The molecule has 2 saturated heterocycles. The van der Waals surface area contributed by atoms with Crippen LogP contribution in [0.15, 0.2) is 5.18 Å². The molecule has 5 fully saturated rings. The van der Waals surface area contributed by atoms with Crippen molar-refractivity contribution < 1.29 is 0 Å². The summed E-state index contributed by atoms with van der Waals surface area (Å²) in [6.45, 7) is 1.17. The Bertz CT molecular complexity index is 373. The lowest BCUT2D eigenvalue weighted by atomic mass is 9.69. The van der Waals surface area contributed by atoms with Crippen molar-refractivity contribution in [2.24, 2.45) is 22.9 Å². The molecule has 5 atom stereocenters. The summed E-state index contributed by atoms with van der Waals surface area (Å²) in [7, 11) is 0. The molecule has 0 N–H and O–H groups in total. The standard InChI is InChI=1S/C18H30N2O/c21-19-18-11-16-7-2-1-6-15(18)12-20(16)17-9-13-4-3-5-14(8-13)10-17/h13-18H,1-12H2. The highest BCUT2D eigenvalue weighted by Gasteiger charge is 2.43. The number of nitroso groups, excluding NO2 is 1. The lowest BCUT2D eigenvalue weighted by Gasteiger charge is -2.51. The van der Waals surface area contributed by atoms with Crippen LogP contribution in [0, 0.1) is 22.7 Å². The van der Waals surface area contributed by atoms with Crippen LogP contribution in [0.2, 0.25) is 0 Å². The molecule has 2 heterocycles. The average Bonchev–Trinajstić information content (AvgIpc) is 2.46. The molecule has 0 spiro atoms. The minimum atomic E-state index is 0.120. The monoisotopic (exact) mass is 290 g/mol. The normalized spacial score (nSPS) is 47.6. The van der Waals surface area contributed by atoms with Gasteiger partial charge in [0.2, 0.25) is 0 Å². The molecule has 3 aliphatic carbocycles. The molecule has 3 saturated carbocycles. The third-order valence-electron chi connectivity index (χ3n) is 7.04. The summed E-state index contributed by atoms with van der Waals surface area (Å²) in [6, 6.07) is 1.61. The second-order valence-electron chi connectivity index (χ2n) is 8.33. The van der Waals surface area contributed by atoms with E-state index in [1.807, 2.05) is 0 Å². The van der Waals surface area contributed by atoms with E-state index in [-0.39, 0.29) is 6.04 Å². The predicted molar refractivity (Wildman–Crippen MR) is 85.1 cm³/mol. The zero-order chi connectivity index (χ0) is 14.2. The summed E-state index contributed by atoms with van der Waals surface area (Å²) in [5, 5.41) is 3.49. The summed E-state index contributed by atoms with van der Waals surface area (Å²) >= 11 is 0.